The van der Waals surface area contributed by atoms with Crippen LogP contribution in [0.15, 0.2) is 48.5 Å². The Balaban J connectivity index is 2.29. The van der Waals surface area contributed by atoms with Crippen LogP contribution < -0.4 is 27.4 Å². The molecule has 0 radical (unpaired) electrons. The lowest BCUT2D eigenvalue weighted by atomic mass is 9.84. The maximum Gasteiger partial charge on any atom is 0.407 e. The number of rotatable bonds is 13. The Morgan fingerprint density at radius 2 is 1.45 bits per heavy atom. The number of benzene rings is 2. The number of hydrogen-bond acceptors (Lipinski definition) is 8. The molecule has 0 aliphatic heterocycles. The number of amidine groups is 2. The van der Waals surface area contributed by atoms with Gasteiger partial charge in [0.25, 0.3) is 0 Å². The van der Waals surface area contributed by atoms with E-state index in [1.165, 1.54) is 0 Å². The first kappa shape index (κ1) is 33.3. The van der Waals surface area contributed by atoms with Crippen molar-refractivity contribution in [2.75, 3.05) is 13.7 Å². The van der Waals surface area contributed by atoms with Crippen LogP contribution in [0.4, 0.5) is 4.79 Å². The minimum absolute atomic E-state index is 0.106. The number of alkyl carbamates (subject to hydrolysis) is 1. The molecule has 0 bridgehead atoms. The highest BCUT2D eigenvalue weighted by Crippen LogP contribution is 2.23. The predicted octanol–water partition coefficient (Wildman–Crippen LogP) is 1.45. The second-order valence-corrected chi connectivity index (χ2v) is 10.6. The van der Waals surface area contributed by atoms with Gasteiger partial charge in [0.15, 0.2) is 0 Å². The smallest absolute Gasteiger partial charge is 0.407 e. The van der Waals surface area contributed by atoms with Gasteiger partial charge in [0.05, 0.1) is 13.7 Å². The van der Waals surface area contributed by atoms with Crippen LogP contribution in [0.5, 0.6) is 0 Å². The van der Waals surface area contributed by atoms with Gasteiger partial charge in [-0.2, -0.15) is 0 Å². The number of methoxy groups -OCH3 is 1. The molecule has 0 fully saturated rings. The summed E-state index contributed by atoms with van der Waals surface area (Å²) in [5.74, 6) is -2.14. The van der Waals surface area contributed by atoms with E-state index in [1.807, 2.05) is 0 Å². The van der Waals surface area contributed by atoms with Crippen LogP contribution in [0.25, 0.3) is 0 Å². The van der Waals surface area contributed by atoms with Gasteiger partial charge in [0.1, 0.15) is 22.8 Å². The largest absolute Gasteiger partial charge is 0.460 e. The molecule has 9 N–H and O–H groups in total. The van der Waals surface area contributed by atoms with E-state index >= 15 is 0 Å². The zero-order valence-electron chi connectivity index (χ0n) is 24.3. The number of nitrogens with two attached hydrogens (primary N) is 2. The van der Waals surface area contributed by atoms with E-state index < -0.39 is 41.6 Å². The molecule has 42 heavy (non-hydrogen) atoms. The Morgan fingerprint density at radius 3 is 2.00 bits per heavy atom. The summed E-state index contributed by atoms with van der Waals surface area (Å²) in [4.78, 5) is 51.4. The normalized spacial score (nSPS) is 12.3. The summed E-state index contributed by atoms with van der Waals surface area (Å²) < 4.78 is 10.2. The maximum atomic E-state index is 13.7. The fourth-order valence-corrected chi connectivity index (χ4v) is 4.04. The number of carbonyl (C=O) groups excluding carboxylic acids is 4. The summed E-state index contributed by atoms with van der Waals surface area (Å²) in [5, 5.41) is 23.1. The number of ether oxygens (including phenoxy) is 2. The van der Waals surface area contributed by atoms with Crippen molar-refractivity contribution < 1.29 is 28.7 Å². The quantitative estimate of drug-likeness (QED) is 0.104. The Bertz CT molecular complexity index is 1340. The third-order valence-corrected chi connectivity index (χ3v) is 6.02. The molecule has 1 atom stereocenters. The Kier molecular flexibility index (Phi) is 11.6. The second-order valence-electron chi connectivity index (χ2n) is 10.6. The lowest BCUT2D eigenvalue weighted by molar-refractivity contribution is -0.155. The second kappa shape index (κ2) is 14.6. The number of nitrogen functional groups attached to an aromatic ring is 2. The first-order chi connectivity index (χ1) is 19.6. The van der Waals surface area contributed by atoms with Crippen LogP contribution in [-0.2, 0) is 36.8 Å². The Hall–Kier alpha value is -4.94. The molecule has 13 nitrogen and oxygen atoms in total. The molecule has 0 saturated heterocycles. The van der Waals surface area contributed by atoms with Crippen molar-refractivity contribution in [3.63, 3.8) is 0 Å². The average Bonchev–Trinajstić information content (AvgIpc) is 2.92. The monoisotopic (exact) mass is 581 g/mol. The Morgan fingerprint density at radius 1 is 0.881 bits per heavy atom. The molecule has 2 aromatic carbocycles. The van der Waals surface area contributed by atoms with Gasteiger partial charge in [-0.1, -0.05) is 36.4 Å². The van der Waals surface area contributed by atoms with Crippen molar-refractivity contribution in [3.05, 3.63) is 70.8 Å². The molecular weight excluding hydrogens is 542 g/mol. The zero-order valence-corrected chi connectivity index (χ0v) is 24.3. The predicted molar refractivity (Wildman–Crippen MR) is 157 cm³/mol. The summed E-state index contributed by atoms with van der Waals surface area (Å²) in [6.45, 7) is 4.81. The van der Waals surface area contributed by atoms with E-state index in [1.54, 1.807) is 69.3 Å². The van der Waals surface area contributed by atoms with Crippen LogP contribution in [0.1, 0.15) is 55.9 Å². The molecule has 0 aliphatic carbocycles. The molecule has 226 valence electrons. The summed E-state index contributed by atoms with van der Waals surface area (Å²) in [6.07, 6.45) is -1.46. The van der Waals surface area contributed by atoms with Gasteiger partial charge < -0.3 is 36.9 Å². The summed E-state index contributed by atoms with van der Waals surface area (Å²) in [6, 6.07) is 13.3. The molecule has 3 amide bonds. The minimum atomic E-state index is -1.74. The van der Waals surface area contributed by atoms with Gasteiger partial charge in [0, 0.05) is 30.5 Å². The van der Waals surface area contributed by atoms with E-state index in [-0.39, 0.29) is 37.5 Å². The summed E-state index contributed by atoms with van der Waals surface area (Å²) in [7, 11) is 1.14. The maximum absolute atomic E-state index is 13.7. The van der Waals surface area contributed by atoms with Crippen LogP contribution in [0.2, 0.25) is 0 Å². The Labute approximate surface area is 244 Å². The SMILES string of the molecule is COC(=O)NC(CCC(=O)OC(C)(C)C)(Cc1cccc(C(=N)N)c1)C(=O)NCC(=O)NCc1cccc(C(=N)N)c1. The first-order valence-corrected chi connectivity index (χ1v) is 13.1. The lowest BCUT2D eigenvalue weighted by Crippen LogP contribution is -2.61. The lowest BCUT2D eigenvalue weighted by Gasteiger charge is -2.33. The van der Waals surface area contributed by atoms with E-state index in [0.29, 0.717) is 22.3 Å². The van der Waals surface area contributed by atoms with Crippen molar-refractivity contribution >= 4 is 35.5 Å². The first-order valence-electron chi connectivity index (χ1n) is 13.1. The van der Waals surface area contributed by atoms with Crippen molar-refractivity contribution in [1.29, 1.82) is 10.8 Å². The molecule has 2 aromatic rings. The number of esters is 1. The topological polar surface area (TPSA) is 223 Å². The number of hydrogen-bond donors (Lipinski definition) is 7. The highest BCUT2D eigenvalue weighted by molar-refractivity contribution is 5.96. The molecule has 0 aromatic heterocycles. The summed E-state index contributed by atoms with van der Waals surface area (Å²) in [5.41, 5.74) is 10.8. The minimum Gasteiger partial charge on any atom is -0.460 e. The van der Waals surface area contributed by atoms with Gasteiger partial charge in [0.2, 0.25) is 11.8 Å². The van der Waals surface area contributed by atoms with Crippen molar-refractivity contribution in [2.45, 2.75) is 57.7 Å². The molecule has 0 aliphatic rings. The van der Waals surface area contributed by atoms with Gasteiger partial charge in [-0.3, -0.25) is 25.2 Å². The average molecular weight is 582 g/mol. The number of carbonyl (C=O) groups is 4. The van der Waals surface area contributed by atoms with Crippen molar-refractivity contribution in [2.24, 2.45) is 11.5 Å². The zero-order chi connectivity index (χ0) is 31.5. The fourth-order valence-electron chi connectivity index (χ4n) is 4.04. The molecule has 0 spiro atoms. The number of amides is 3. The summed E-state index contributed by atoms with van der Waals surface area (Å²) >= 11 is 0. The van der Waals surface area contributed by atoms with E-state index in [4.69, 9.17) is 31.8 Å². The van der Waals surface area contributed by atoms with Crippen molar-refractivity contribution in [3.8, 4) is 0 Å². The highest BCUT2D eigenvalue weighted by atomic mass is 16.6. The van der Waals surface area contributed by atoms with Crippen LogP contribution in [-0.4, -0.2) is 60.3 Å². The van der Waals surface area contributed by atoms with E-state index in [2.05, 4.69) is 16.0 Å². The molecule has 0 saturated carbocycles. The molecule has 1 unspecified atom stereocenters. The number of nitrogens with one attached hydrogen (secondary N) is 5. The molecule has 0 heterocycles. The van der Waals surface area contributed by atoms with E-state index in [9.17, 15) is 19.2 Å². The highest BCUT2D eigenvalue weighted by Gasteiger charge is 2.41. The third-order valence-electron chi connectivity index (χ3n) is 6.02. The van der Waals surface area contributed by atoms with Crippen LogP contribution >= 0.6 is 0 Å². The third kappa shape index (κ3) is 10.6. The van der Waals surface area contributed by atoms with Gasteiger partial charge in [-0.15, -0.1) is 0 Å². The van der Waals surface area contributed by atoms with Gasteiger partial charge >= 0.3 is 12.1 Å². The standard InChI is InChI=1S/C29H39N7O6/c1-28(2,3)42-23(38)11-12-29(36-27(40)41-4,15-18-7-5-9-20(13-18)24(30)31)26(39)35-17-22(37)34-16-19-8-6-10-21(14-19)25(32)33/h5-10,13-14H,11-12,15-17H2,1-4H3,(H3,30,31)(H3,32,33)(H,34,37)(H,35,39)(H,36,40). The fraction of sp³-hybridized carbons (Fsp3) is 0.379. The van der Waals surface area contributed by atoms with Crippen LogP contribution in [0.3, 0.4) is 0 Å². The van der Waals surface area contributed by atoms with Crippen LogP contribution in [0, 0.1) is 10.8 Å². The molecule has 13 heteroatoms. The van der Waals surface area contributed by atoms with E-state index in [0.717, 1.165) is 7.11 Å². The molecule has 2 rings (SSSR count). The van der Waals surface area contributed by atoms with Gasteiger partial charge in [-0.05, 0) is 50.5 Å². The van der Waals surface area contributed by atoms with Crippen molar-refractivity contribution in [1.82, 2.24) is 16.0 Å². The van der Waals surface area contributed by atoms with Gasteiger partial charge in [-0.25, -0.2) is 4.79 Å². The molecular formula is C29H39N7O6.